The summed E-state index contributed by atoms with van der Waals surface area (Å²) in [6.07, 6.45) is 1.04. The minimum atomic E-state index is -0.318. The summed E-state index contributed by atoms with van der Waals surface area (Å²) in [5, 5.41) is 13.6. The zero-order valence-corrected chi connectivity index (χ0v) is 11.4. The first-order valence-electron chi connectivity index (χ1n) is 6.65. The summed E-state index contributed by atoms with van der Waals surface area (Å²) in [5.74, 6) is 0.690. The number of anilines is 1. The van der Waals surface area contributed by atoms with Crippen molar-refractivity contribution in [3.8, 4) is 0 Å². The molecule has 0 unspecified atom stereocenters. The number of hydrogen-bond donors (Lipinski definition) is 2. The zero-order valence-electron chi connectivity index (χ0n) is 11.4. The number of aromatic amines is 1. The van der Waals surface area contributed by atoms with E-state index in [1.165, 1.54) is 4.52 Å². The molecule has 0 radical (unpaired) electrons. The van der Waals surface area contributed by atoms with Crippen molar-refractivity contribution in [1.29, 1.82) is 0 Å². The van der Waals surface area contributed by atoms with Crippen molar-refractivity contribution >= 4 is 11.5 Å². The number of rotatable bonds is 7. The van der Waals surface area contributed by atoms with Gasteiger partial charge in [-0.05, 0) is 38.2 Å². The number of hydrogen-bond acceptors (Lipinski definition) is 5. The molecule has 7 nitrogen and oxygen atoms in total. The Bertz CT molecular complexity index is 571. The minimum absolute atomic E-state index is 0.318. The third-order valence-corrected chi connectivity index (χ3v) is 3.13. The van der Waals surface area contributed by atoms with Crippen LogP contribution in [0.1, 0.15) is 20.3 Å². The average molecular weight is 264 g/mol. The van der Waals surface area contributed by atoms with Gasteiger partial charge in [-0.1, -0.05) is 13.8 Å². The minimum Gasteiger partial charge on any atom is -0.369 e. The van der Waals surface area contributed by atoms with Gasteiger partial charge >= 0.3 is 5.69 Å². The molecule has 0 saturated heterocycles. The van der Waals surface area contributed by atoms with E-state index in [1.807, 2.05) is 6.07 Å². The molecule has 0 atom stereocenters. The van der Waals surface area contributed by atoms with Crippen molar-refractivity contribution < 1.29 is 0 Å². The molecular formula is C12H20N6O. The number of nitrogens with one attached hydrogen (secondary N) is 2. The molecule has 0 amide bonds. The van der Waals surface area contributed by atoms with Crippen LogP contribution in [-0.2, 0) is 0 Å². The third kappa shape index (κ3) is 3.31. The van der Waals surface area contributed by atoms with E-state index in [9.17, 15) is 4.79 Å². The molecule has 0 aromatic carbocycles. The lowest BCUT2D eigenvalue weighted by atomic mass is 10.3. The number of aromatic nitrogens is 4. The van der Waals surface area contributed by atoms with Crippen molar-refractivity contribution in [2.45, 2.75) is 20.3 Å². The summed E-state index contributed by atoms with van der Waals surface area (Å²) in [4.78, 5) is 13.7. The van der Waals surface area contributed by atoms with Crippen LogP contribution < -0.4 is 11.0 Å². The zero-order chi connectivity index (χ0) is 13.7. The lowest BCUT2D eigenvalue weighted by Gasteiger charge is -2.17. The molecule has 0 saturated carbocycles. The van der Waals surface area contributed by atoms with E-state index in [0.29, 0.717) is 11.5 Å². The number of H-pyrrole nitrogens is 1. The summed E-state index contributed by atoms with van der Waals surface area (Å²) in [7, 11) is 0. The highest BCUT2D eigenvalue weighted by Gasteiger charge is 2.02. The van der Waals surface area contributed by atoms with Crippen LogP contribution >= 0.6 is 0 Å². The fourth-order valence-corrected chi connectivity index (χ4v) is 1.96. The molecule has 0 aliphatic heterocycles. The van der Waals surface area contributed by atoms with Crippen LogP contribution in [-0.4, -0.2) is 50.9 Å². The molecule has 0 spiro atoms. The first-order chi connectivity index (χ1) is 9.24. The smallest absolute Gasteiger partial charge is 0.364 e. The van der Waals surface area contributed by atoms with Gasteiger partial charge in [-0.3, -0.25) is 0 Å². The molecule has 19 heavy (non-hydrogen) atoms. The molecule has 0 aliphatic carbocycles. The molecule has 0 aliphatic rings. The van der Waals surface area contributed by atoms with Gasteiger partial charge in [0.15, 0.2) is 5.65 Å². The van der Waals surface area contributed by atoms with E-state index in [-0.39, 0.29) is 5.69 Å². The molecule has 0 fully saturated rings. The Labute approximate surface area is 111 Å². The van der Waals surface area contributed by atoms with Gasteiger partial charge in [0.05, 0.1) is 0 Å². The highest BCUT2D eigenvalue weighted by molar-refractivity contribution is 5.42. The summed E-state index contributed by atoms with van der Waals surface area (Å²) >= 11 is 0. The predicted molar refractivity (Wildman–Crippen MR) is 74.5 cm³/mol. The van der Waals surface area contributed by atoms with E-state index in [4.69, 9.17) is 0 Å². The van der Waals surface area contributed by atoms with Crippen molar-refractivity contribution in [2.75, 3.05) is 31.5 Å². The normalized spacial score (nSPS) is 11.3. The van der Waals surface area contributed by atoms with Crippen LogP contribution in [0.25, 0.3) is 5.65 Å². The largest absolute Gasteiger partial charge is 0.369 e. The quantitative estimate of drug-likeness (QED) is 0.714. The first kappa shape index (κ1) is 13.5. The molecular weight excluding hydrogens is 244 g/mol. The topological polar surface area (TPSA) is 78.3 Å². The van der Waals surface area contributed by atoms with Crippen molar-refractivity contribution in [3.63, 3.8) is 0 Å². The van der Waals surface area contributed by atoms with Crippen LogP contribution in [0.2, 0.25) is 0 Å². The predicted octanol–water partition coefficient (Wildman–Crippen LogP) is 0.561. The number of fused-ring (bicyclic) bond motifs is 1. The van der Waals surface area contributed by atoms with Gasteiger partial charge in [-0.2, -0.15) is 9.61 Å². The lowest BCUT2D eigenvalue weighted by Crippen LogP contribution is -2.25. The Kier molecular flexibility index (Phi) is 4.51. The Morgan fingerprint density at radius 2 is 2.16 bits per heavy atom. The van der Waals surface area contributed by atoms with Crippen LogP contribution in [0, 0.1) is 0 Å². The monoisotopic (exact) mass is 264 g/mol. The van der Waals surface area contributed by atoms with Crippen LogP contribution in [0.4, 0.5) is 5.82 Å². The fourth-order valence-electron chi connectivity index (χ4n) is 1.96. The second-order valence-electron chi connectivity index (χ2n) is 4.32. The molecule has 2 rings (SSSR count). The molecule has 2 aromatic heterocycles. The second-order valence-corrected chi connectivity index (χ2v) is 4.32. The Morgan fingerprint density at radius 1 is 1.37 bits per heavy atom. The van der Waals surface area contributed by atoms with E-state index in [2.05, 4.69) is 39.4 Å². The Balaban J connectivity index is 1.88. The van der Waals surface area contributed by atoms with Gasteiger partial charge in [-0.25, -0.2) is 9.89 Å². The van der Waals surface area contributed by atoms with Crippen LogP contribution in [0.5, 0.6) is 0 Å². The van der Waals surface area contributed by atoms with E-state index >= 15 is 0 Å². The van der Waals surface area contributed by atoms with Gasteiger partial charge < -0.3 is 10.2 Å². The second kappa shape index (κ2) is 6.33. The summed E-state index contributed by atoms with van der Waals surface area (Å²) < 4.78 is 1.26. The number of nitrogens with zero attached hydrogens (tertiary/aromatic N) is 4. The third-order valence-electron chi connectivity index (χ3n) is 3.13. The SMILES string of the molecule is CCN(CC)CCCNc1ccc2n[nH]c(=O)n2n1. The van der Waals surface area contributed by atoms with Gasteiger partial charge in [0, 0.05) is 6.54 Å². The lowest BCUT2D eigenvalue weighted by molar-refractivity contribution is 0.303. The molecule has 2 heterocycles. The average Bonchev–Trinajstić information content (AvgIpc) is 2.80. The molecule has 7 heteroatoms. The molecule has 2 aromatic rings. The summed E-state index contributed by atoms with van der Waals surface area (Å²) in [6, 6.07) is 3.59. The van der Waals surface area contributed by atoms with Crippen molar-refractivity contribution in [1.82, 2.24) is 24.7 Å². The van der Waals surface area contributed by atoms with Crippen molar-refractivity contribution in [2.24, 2.45) is 0 Å². The fraction of sp³-hybridized carbons (Fsp3) is 0.583. The van der Waals surface area contributed by atoms with E-state index in [0.717, 1.165) is 32.6 Å². The molecule has 2 N–H and O–H groups in total. The maximum absolute atomic E-state index is 11.4. The Hall–Kier alpha value is -1.89. The van der Waals surface area contributed by atoms with E-state index < -0.39 is 0 Å². The van der Waals surface area contributed by atoms with Gasteiger partial charge in [0.25, 0.3) is 0 Å². The molecule has 0 bridgehead atoms. The van der Waals surface area contributed by atoms with E-state index in [1.54, 1.807) is 6.07 Å². The summed E-state index contributed by atoms with van der Waals surface area (Å²) in [6.45, 7) is 8.38. The van der Waals surface area contributed by atoms with Gasteiger partial charge in [-0.15, -0.1) is 5.10 Å². The van der Waals surface area contributed by atoms with Crippen LogP contribution in [0.15, 0.2) is 16.9 Å². The van der Waals surface area contributed by atoms with Gasteiger partial charge in [0.2, 0.25) is 0 Å². The highest BCUT2D eigenvalue weighted by Crippen LogP contribution is 2.02. The maximum atomic E-state index is 11.4. The maximum Gasteiger partial charge on any atom is 0.364 e. The standard InChI is InChI=1S/C12H20N6O/c1-3-17(4-2)9-5-8-13-10-6-7-11-14-15-12(19)18(11)16-10/h6-7H,3-5,8-9H2,1-2H3,(H,13,16)(H,15,19). The first-order valence-corrected chi connectivity index (χ1v) is 6.65. The highest BCUT2D eigenvalue weighted by atomic mass is 16.2. The van der Waals surface area contributed by atoms with Crippen LogP contribution in [0.3, 0.4) is 0 Å². The van der Waals surface area contributed by atoms with Crippen molar-refractivity contribution in [3.05, 3.63) is 22.6 Å². The Morgan fingerprint density at radius 3 is 2.89 bits per heavy atom. The molecule has 104 valence electrons. The summed E-state index contributed by atoms with van der Waals surface area (Å²) in [5.41, 5.74) is 0.209. The van der Waals surface area contributed by atoms with Gasteiger partial charge in [0.1, 0.15) is 5.82 Å².